The smallest absolute Gasteiger partial charge is 0.0132 e. The molecule has 0 spiro atoms. The molecule has 1 aromatic carbocycles. The Labute approximate surface area is 95.7 Å². The molecule has 0 N–H and O–H groups in total. The van der Waals surface area contributed by atoms with Crippen molar-refractivity contribution >= 4 is 0 Å². The van der Waals surface area contributed by atoms with Crippen LogP contribution >= 0.6 is 0 Å². The van der Waals surface area contributed by atoms with Crippen LogP contribution in [-0.2, 0) is 5.41 Å². The molecule has 0 aromatic heterocycles. The molecule has 86 valence electrons. The number of rotatable bonds is 2. The topological polar surface area (TPSA) is 0 Å². The second-order valence-corrected chi connectivity index (χ2v) is 5.18. The fourth-order valence-electron chi connectivity index (χ4n) is 1.55. The van der Waals surface area contributed by atoms with Crippen molar-refractivity contribution in [3.05, 3.63) is 35.4 Å². The summed E-state index contributed by atoms with van der Waals surface area (Å²) >= 11 is 0. The first-order valence-corrected chi connectivity index (χ1v) is 5.55. The van der Waals surface area contributed by atoms with Crippen LogP contribution in [0.25, 0.3) is 0 Å². The molecule has 0 aliphatic rings. The van der Waals surface area contributed by atoms with E-state index in [2.05, 4.69) is 58.9 Å². The molecule has 15 heavy (non-hydrogen) atoms. The second kappa shape index (κ2) is 5.34. The van der Waals surface area contributed by atoms with Gasteiger partial charge in [-0.15, -0.1) is 0 Å². The van der Waals surface area contributed by atoms with Crippen molar-refractivity contribution in [2.75, 3.05) is 0 Å². The third-order valence-corrected chi connectivity index (χ3v) is 2.96. The predicted octanol–water partition coefficient (Wildman–Crippen LogP) is 5.13. The van der Waals surface area contributed by atoms with E-state index in [-0.39, 0.29) is 12.8 Å². The summed E-state index contributed by atoms with van der Waals surface area (Å²) in [5.41, 5.74) is 3.15. The van der Waals surface area contributed by atoms with Gasteiger partial charge >= 0.3 is 0 Å². The van der Waals surface area contributed by atoms with Gasteiger partial charge in [0.2, 0.25) is 0 Å². The molecule has 0 aliphatic heterocycles. The summed E-state index contributed by atoms with van der Waals surface area (Å²) in [7, 11) is 0. The van der Waals surface area contributed by atoms with Crippen LogP contribution in [0.5, 0.6) is 0 Å². The molecule has 0 saturated heterocycles. The minimum Gasteiger partial charge on any atom is -0.0776 e. The second-order valence-electron chi connectivity index (χ2n) is 5.18. The van der Waals surface area contributed by atoms with E-state index in [4.69, 9.17) is 0 Å². The van der Waals surface area contributed by atoms with Gasteiger partial charge in [0.1, 0.15) is 0 Å². The van der Waals surface area contributed by atoms with Crippen molar-refractivity contribution in [2.45, 2.75) is 59.8 Å². The Bertz CT molecular complexity index is 274. The van der Waals surface area contributed by atoms with E-state index in [9.17, 15) is 0 Å². The van der Waals surface area contributed by atoms with E-state index in [0.717, 1.165) is 0 Å². The number of benzene rings is 1. The zero-order valence-corrected chi connectivity index (χ0v) is 10.1. The summed E-state index contributed by atoms with van der Waals surface area (Å²) in [6.45, 7) is 11.3. The average Bonchev–Trinajstić information content (AvgIpc) is 2.15. The molecule has 1 atom stereocenters. The molecule has 0 fully saturated rings. The largest absolute Gasteiger partial charge is 0.0776 e. The Hall–Kier alpha value is -0.780. The summed E-state index contributed by atoms with van der Waals surface area (Å²) in [5, 5.41) is 0. The van der Waals surface area contributed by atoms with E-state index >= 15 is 0 Å². The molecule has 0 radical (unpaired) electrons. The monoisotopic (exact) mass is 206 g/mol. The summed E-state index contributed by atoms with van der Waals surface area (Å²) in [4.78, 5) is 0. The minimum absolute atomic E-state index is 0. The van der Waals surface area contributed by atoms with Crippen LogP contribution in [-0.4, -0.2) is 0 Å². The first-order valence-electron chi connectivity index (χ1n) is 5.55. The van der Waals surface area contributed by atoms with Crippen molar-refractivity contribution in [1.29, 1.82) is 0 Å². The standard InChI is InChI=1S/C14H22.CH4/c1-6-11(2)12-7-9-13(10-8-12)14(3,4)5;/h7-11H,6H2,1-5H3;1H4. The summed E-state index contributed by atoms with van der Waals surface area (Å²) in [6, 6.07) is 9.08. The highest BCUT2D eigenvalue weighted by Gasteiger charge is 2.13. The first kappa shape index (κ1) is 14.2. The summed E-state index contributed by atoms with van der Waals surface area (Å²) in [6.07, 6.45) is 1.22. The molecule has 1 rings (SSSR count). The van der Waals surface area contributed by atoms with Gasteiger partial charge in [-0.05, 0) is 28.9 Å². The van der Waals surface area contributed by atoms with Crippen molar-refractivity contribution in [2.24, 2.45) is 0 Å². The van der Waals surface area contributed by atoms with Crippen LogP contribution in [0.2, 0.25) is 0 Å². The molecule has 0 amide bonds. The molecule has 0 aliphatic carbocycles. The Morgan fingerprint density at radius 3 is 1.87 bits per heavy atom. The molecular formula is C15H26. The fourth-order valence-corrected chi connectivity index (χ4v) is 1.55. The highest BCUT2D eigenvalue weighted by Crippen LogP contribution is 2.25. The van der Waals surface area contributed by atoms with Gasteiger partial charge in [-0.25, -0.2) is 0 Å². The van der Waals surface area contributed by atoms with Crippen LogP contribution in [0.15, 0.2) is 24.3 Å². The van der Waals surface area contributed by atoms with Gasteiger partial charge in [-0.2, -0.15) is 0 Å². The van der Waals surface area contributed by atoms with Gasteiger partial charge in [0.15, 0.2) is 0 Å². The normalized spacial score (nSPS) is 13.1. The quantitative estimate of drug-likeness (QED) is 0.629. The van der Waals surface area contributed by atoms with Crippen LogP contribution < -0.4 is 0 Å². The Balaban J connectivity index is 0.00000196. The van der Waals surface area contributed by atoms with Crippen LogP contribution in [0.3, 0.4) is 0 Å². The lowest BCUT2D eigenvalue weighted by Gasteiger charge is -2.20. The van der Waals surface area contributed by atoms with Crippen molar-refractivity contribution in [3.8, 4) is 0 Å². The van der Waals surface area contributed by atoms with E-state index in [1.807, 2.05) is 0 Å². The zero-order valence-electron chi connectivity index (χ0n) is 10.1. The van der Waals surface area contributed by atoms with Crippen molar-refractivity contribution < 1.29 is 0 Å². The lowest BCUT2D eigenvalue weighted by atomic mass is 9.85. The third-order valence-electron chi connectivity index (χ3n) is 2.96. The number of hydrogen-bond donors (Lipinski definition) is 0. The Morgan fingerprint density at radius 2 is 1.53 bits per heavy atom. The third kappa shape index (κ3) is 3.70. The molecule has 1 aromatic rings. The molecule has 1 unspecified atom stereocenters. The molecule has 0 nitrogen and oxygen atoms in total. The van der Waals surface area contributed by atoms with Gasteiger partial charge in [0.25, 0.3) is 0 Å². The summed E-state index contributed by atoms with van der Waals surface area (Å²) < 4.78 is 0. The Kier molecular flexibility index (Phi) is 5.07. The van der Waals surface area contributed by atoms with Crippen molar-refractivity contribution in [3.63, 3.8) is 0 Å². The van der Waals surface area contributed by atoms with E-state index in [1.165, 1.54) is 17.5 Å². The van der Waals surface area contributed by atoms with E-state index in [0.29, 0.717) is 5.92 Å². The molecular weight excluding hydrogens is 180 g/mol. The lowest BCUT2D eigenvalue weighted by molar-refractivity contribution is 0.589. The van der Waals surface area contributed by atoms with Gasteiger partial charge in [0, 0.05) is 0 Å². The lowest BCUT2D eigenvalue weighted by Crippen LogP contribution is -2.10. The van der Waals surface area contributed by atoms with E-state index in [1.54, 1.807) is 0 Å². The SMILES string of the molecule is C.CCC(C)c1ccc(C(C)(C)C)cc1. The Morgan fingerprint density at radius 1 is 1.07 bits per heavy atom. The predicted molar refractivity (Wildman–Crippen MR) is 70.6 cm³/mol. The van der Waals surface area contributed by atoms with E-state index < -0.39 is 0 Å². The van der Waals surface area contributed by atoms with Crippen LogP contribution in [0.4, 0.5) is 0 Å². The maximum Gasteiger partial charge on any atom is -0.0132 e. The first-order chi connectivity index (χ1) is 6.45. The average molecular weight is 206 g/mol. The summed E-state index contributed by atoms with van der Waals surface area (Å²) in [5.74, 6) is 0.684. The highest BCUT2D eigenvalue weighted by atomic mass is 14.2. The number of hydrogen-bond acceptors (Lipinski definition) is 0. The van der Waals surface area contributed by atoms with Crippen LogP contribution in [0, 0.1) is 0 Å². The zero-order chi connectivity index (χ0) is 10.8. The highest BCUT2D eigenvalue weighted by molar-refractivity contribution is 5.29. The molecule has 0 heterocycles. The maximum atomic E-state index is 2.28. The van der Waals surface area contributed by atoms with Crippen molar-refractivity contribution in [1.82, 2.24) is 0 Å². The maximum absolute atomic E-state index is 2.28. The van der Waals surface area contributed by atoms with Crippen LogP contribution in [0.1, 0.15) is 65.5 Å². The molecule has 0 bridgehead atoms. The van der Waals surface area contributed by atoms with Gasteiger partial charge < -0.3 is 0 Å². The fraction of sp³-hybridized carbons (Fsp3) is 0.600. The minimum atomic E-state index is 0. The van der Waals surface area contributed by atoms with Gasteiger partial charge in [0.05, 0.1) is 0 Å². The van der Waals surface area contributed by atoms with Gasteiger partial charge in [-0.1, -0.05) is 66.3 Å². The molecule has 0 heteroatoms. The molecule has 0 saturated carbocycles. The van der Waals surface area contributed by atoms with Gasteiger partial charge in [-0.3, -0.25) is 0 Å².